The van der Waals surface area contributed by atoms with Crippen LogP contribution in [0, 0.1) is 5.82 Å². The molecule has 2 aromatic carbocycles. The third-order valence-corrected chi connectivity index (χ3v) is 6.41. The summed E-state index contributed by atoms with van der Waals surface area (Å²) in [6.07, 6.45) is 9.88. The first-order valence-electron chi connectivity index (χ1n) is 11.7. The van der Waals surface area contributed by atoms with E-state index in [1.807, 2.05) is 35.2 Å². The van der Waals surface area contributed by atoms with Gasteiger partial charge >= 0.3 is 0 Å². The highest BCUT2D eigenvalue weighted by molar-refractivity contribution is 5.99. The monoisotopic (exact) mass is 458 g/mol. The lowest BCUT2D eigenvalue weighted by Crippen LogP contribution is -2.38. The van der Waals surface area contributed by atoms with E-state index in [0.717, 1.165) is 37.0 Å². The second kappa shape index (κ2) is 10.0. The average molecular weight is 459 g/mol. The van der Waals surface area contributed by atoms with Crippen molar-refractivity contribution in [1.29, 1.82) is 0 Å². The van der Waals surface area contributed by atoms with Crippen LogP contribution in [0.5, 0.6) is 5.75 Å². The van der Waals surface area contributed by atoms with Gasteiger partial charge in [-0.3, -0.25) is 4.79 Å². The quantitative estimate of drug-likeness (QED) is 0.370. The molecule has 1 aliphatic carbocycles. The molecule has 5 rings (SSSR count). The number of halogens is 1. The molecule has 1 amide bonds. The number of nitrogens with zero attached hydrogens (tertiary/aromatic N) is 4. The number of fused-ring (bicyclic) bond motifs is 1. The molecule has 1 aliphatic rings. The van der Waals surface area contributed by atoms with E-state index in [0.29, 0.717) is 36.3 Å². The number of carbonyl (C=O) groups is 1. The Bertz CT molecular complexity index is 1270. The average Bonchev–Trinajstić information content (AvgIpc) is 3.55. The molecule has 0 bridgehead atoms. The molecule has 2 heterocycles. The zero-order valence-corrected chi connectivity index (χ0v) is 18.9. The third kappa shape index (κ3) is 4.78. The molecule has 7 heteroatoms. The van der Waals surface area contributed by atoms with Gasteiger partial charge in [0.2, 0.25) is 0 Å². The van der Waals surface area contributed by atoms with Gasteiger partial charge in [0.25, 0.3) is 5.91 Å². The van der Waals surface area contributed by atoms with E-state index < -0.39 is 0 Å². The van der Waals surface area contributed by atoms with E-state index in [-0.39, 0.29) is 17.8 Å². The van der Waals surface area contributed by atoms with Crippen LogP contribution in [0.4, 0.5) is 4.39 Å². The van der Waals surface area contributed by atoms with E-state index in [1.54, 1.807) is 41.3 Å². The van der Waals surface area contributed by atoms with E-state index in [4.69, 9.17) is 4.74 Å². The van der Waals surface area contributed by atoms with Crippen LogP contribution in [-0.2, 0) is 13.0 Å². The van der Waals surface area contributed by atoms with Crippen molar-refractivity contribution in [2.24, 2.45) is 0 Å². The van der Waals surface area contributed by atoms with Crippen LogP contribution in [0.15, 0.2) is 73.2 Å². The lowest BCUT2D eigenvalue weighted by atomic mass is 10.1. The van der Waals surface area contributed by atoms with Crippen LogP contribution in [0.1, 0.15) is 47.2 Å². The van der Waals surface area contributed by atoms with Crippen LogP contribution in [0.2, 0.25) is 0 Å². The molecule has 0 radical (unpaired) electrons. The Morgan fingerprint density at radius 1 is 1.09 bits per heavy atom. The van der Waals surface area contributed by atoms with Gasteiger partial charge in [-0.2, -0.15) is 5.10 Å². The van der Waals surface area contributed by atoms with E-state index in [9.17, 15) is 9.18 Å². The molecule has 4 aromatic rings. The first kappa shape index (κ1) is 22.1. The van der Waals surface area contributed by atoms with Gasteiger partial charge < -0.3 is 9.64 Å². The van der Waals surface area contributed by atoms with Gasteiger partial charge in [-0.15, -0.1) is 0 Å². The molecule has 1 saturated carbocycles. The molecule has 0 unspecified atom stereocenters. The van der Waals surface area contributed by atoms with Crippen molar-refractivity contribution < 1.29 is 13.9 Å². The van der Waals surface area contributed by atoms with Gasteiger partial charge in [0.1, 0.15) is 17.1 Å². The standard InChI is InChI=1S/C27H27FN4O2/c28-25-9-4-1-6-21(25)14-17-34-23-12-10-20(11-13-23)19-31(22-7-2-3-8-22)27(33)24-18-30-32-16-5-15-29-26(24)32/h1,4-6,9-13,15-16,18,22H,2-3,7-8,14,17,19H2. The Morgan fingerprint density at radius 3 is 2.68 bits per heavy atom. The minimum Gasteiger partial charge on any atom is -0.493 e. The summed E-state index contributed by atoms with van der Waals surface area (Å²) in [5.41, 5.74) is 2.79. The van der Waals surface area contributed by atoms with E-state index >= 15 is 0 Å². The maximum atomic E-state index is 13.8. The summed E-state index contributed by atoms with van der Waals surface area (Å²) in [5.74, 6) is 0.482. The normalized spacial score (nSPS) is 13.9. The van der Waals surface area contributed by atoms with Gasteiger partial charge in [-0.1, -0.05) is 43.2 Å². The second-order valence-corrected chi connectivity index (χ2v) is 8.65. The van der Waals surface area contributed by atoms with Gasteiger partial charge in [-0.25, -0.2) is 13.9 Å². The van der Waals surface area contributed by atoms with Gasteiger partial charge in [-0.05, 0) is 48.2 Å². The first-order valence-corrected chi connectivity index (χ1v) is 11.7. The predicted molar refractivity (Wildman–Crippen MR) is 127 cm³/mol. The molecule has 174 valence electrons. The zero-order chi connectivity index (χ0) is 23.3. The molecular weight excluding hydrogens is 431 g/mol. The van der Waals surface area contributed by atoms with Crippen molar-refractivity contribution in [3.63, 3.8) is 0 Å². The maximum absolute atomic E-state index is 13.8. The lowest BCUT2D eigenvalue weighted by molar-refractivity contribution is 0.0666. The Balaban J connectivity index is 1.27. The number of hydrogen-bond donors (Lipinski definition) is 0. The highest BCUT2D eigenvalue weighted by Crippen LogP contribution is 2.27. The number of rotatable bonds is 8. The molecule has 6 nitrogen and oxygen atoms in total. The van der Waals surface area contributed by atoms with Gasteiger partial charge in [0, 0.05) is 31.4 Å². The van der Waals surface area contributed by atoms with Crippen LogP contribution in [0.25, 0.3) is 5.65 Å². The number of amides is 1. The molecule has 0 aliphatic heterocycles. The molecular formula is C27H27FN4O2. The second-order valence-electron chi connectivity index (χ2n) is 8.65. The minimum absolute atomic E-state index is 0.0363. The van der Waals surface area contributed by atoms with Crippen LogP contribution >= 0.6 is 0 Å². The Labute approximate surface area is 198 Å². The van der Waals surface area contributed by atoms with Gasteiger partial charge in [0.05, 0.1) is 12.8 Å². The minimum atomic E-state index is -0.209. The maximum Gasteiger partial charge on any atom is 0.259 e. The molecule has 0 saturated heterocycles. The molecule has 34 heavy (non-hydrogen) atoms. The Morgan fingerprint density at radius 2 is 1.88 bits per heavy atom. The molecule has 1 fully saturated rings. The fourth-order valence-corrected chi connectivity index (χ4v) is 4.58. The Kier molecular flexibility index (Phi) is 6.51. The largest absolute Gasteiger partial charge is 0.493 e. The fraction of sp³-hybridized carbons (Fsp3) is 0.296. The third-order valence-electron chi connectivity index (χ3n) is 6.41. The van der Waals surface area contributed by atoms with Crippen molar-refractivity contribution in [2.45, 2.75) is 44.7 Å². The summed E-state index contributed by atoms with van der Waals surface area (Å²) >= 11 is 0. The summed E-state index contributed by atoms with van der Waals surface area (Å²) < 4.78 is 21.2. The summed E-state index contributed by atoms with van der Waals surface area (Å²) in [5, 5.41) is 4.29. The van der Waals surface area contributed by atoms with Crippen molar-refractivity contribution in [2.75, 3.05) is 6.61 Å². The SMILES string of the molecule is O=C(c1cnn2cccnc12)N(Cc1ccc(OCCc2ccccc2F)cc1)C1CCCC1. The highest BCUT2D eigenvalue weighted by Gasteiger charge is 2.29. The van der Waals surface area contributed by atoms with Crippen LogP contribution in [0.3, 0.4) is 0 Å². The number of aromatic nitrogens is 3. The topological polar surface area (TPSA) is 59.7 Å². The van der Waals surface area contributed by atoms with Crippen molar-refractivity contribution >= 4 is 11.6 Å². The highest BCUT2D eigenvalue weighted by atomic mass is 19.1. The van der Waals surface area contributed by atoms with Crippen molar-refractivity contribution in [3.8, 4) is 5.75 Å². The molecule has 0 spiro atoms. The smallest absolute Gasteiger partial charge is 0.259 e. The van der Waals surface area contributed by atoms with Crippen LogP contribution in [-0.4, -0.2) is 38.1 Å². The molecule has 0 N–H and O–H groups in total. The van der Waals surface area contributed by atoms with E-state index in [1.165, 1.54) is 6.07 Å². The van der Waals surface area contributed by atoms with Gasteiger partial charge in [0.15, 0.2) is 5.65 Å². The molecule has 0 atom stereocenters. The lowest BCUT2D eigenvalue weighted by Gasteiger charge is -2.29. The summed E-state index contributed by atoms with van der Waals surface area (Å²) in [4.78, 5) is 19.9. The van der Waals surface area contributed by atoms with Crippen LogP contribution < -0.4 is 4.74 Å². The summed E-state index contributed by atoms with van der Waals surface area (Å²) in [7, 11) is 0. The number of hydrogen-bond acceptors (Lipinski definition) is 4. The first-order chi connectivity index (χ1) is 16.7. The van der Waals surface area contributed by atoms with Crippen molar-refractivity contribution in [3.05, 3.63) is 95.7 Å². The number of carbonyl (C=O) groups excluding carboxylic acids is 1. The number of benzene rings is 2. The van der Waals surface area contributed by atoms with E-state index in [2.05, 4.69) is 10.1 Å². The Hall–Kier alpha value is -3.74. The molecule has 2 aromatic heterocycles. The predicted octanol–water partition coefficient (Wildman–Crippen LogP) is 5.07. The van der Waals surface area contributed by atoms with Crippen molar-refractivity contribution in [1.82, 2.24) is 19.5 Å². The zero-order valence-electron chi connectivity index (χ0n) is 18.9. The summed E-state index contributed by atoms with van der Waals surface area (Å²) in [6, 6.07) is 16.5. The summed E-state index contributed by atoms with van der Waals surface area (Å²) in [6.45, 7) is 0.915. The number of ether oxygens (including phenoxy) is 1. The fourth-order valence-electron chi connectivity index (χ4n) is 4.58.